The van der Waals surface area contributed by atoms with Gasteiger partial charge in [-0.05, 0) is 31.0 Å². The Morgan fingerprint density at radius 2 is 2.09 bits per heavy atom. The van der Waals surface area contributed by atoms with Crippen LogP contribution in [0.1, 0.15) is 19.3 Å². The minimum atomic E-state index is -0.746. The number of hydrogen-bond acceptors (Lipinski definition) is 3. The average molecular weight is 301 g/mol. The van der Waals surface area contributed by atoms with Gasteiger partial charge in [0.05, 0.1) is 0 Å². The molecule has 116 valence electrons. The van der Waals surface area contributed by atoms with Crippen molar-refractivity contribution in [1.82, 2.24) is 5.32 Å². The third-order valence-corrected chi connectivity index (χ3v) is 3.35. The fourth-order valence-corrected chi connectivity index (χ4v) is 2.26. The fourth-order valence-electron chi connectivity index (χ4n) is 2.26. The Bertz CT molecular complexity index is 598. The standard InChI is InChI=1S/C16H19N3O3/c1-2-9-17-15(21)16(22)18-12-6-5-7-13(11-12)19-10-4-3-8-14(19)20/h2,5-7,11H,1,3-4,8-10H2,(H,17,21)(H,18,22). The molecule has 2 N–H and O–H groups in total. The molecule has 1 aliphatic heterocycles. The van der Waals surface area contributed by atoms with Gasteiger partial charge in [0.15, 0.2) is 0 Å². The highest BCUT2D eigenvalue weighted by Crippen LogP contribution is 2.23. The van der Waals surface area contributed by atoms with E-state index in [4.69, 9.17) is 0 Å². The number of hydrogen-bond donors (Lipinski definition) is 2. The molecule has 0 spiro atoms. The summed E-state index contributed by atoms with van der Waals surface area (Å²) in [5.41, 5.74) is 1.21. The molecule has 6 heteroatoms. The van der Waals surface area contributed by atoms with E-state index >= 15 is 0 Å². The van der Waals surface area contributed by atoms with Gasteiger partial charge in [-0.25, -0.2) is 0 Å². The highest BCUT2D eigenvalue weighted by Gasteiger charge is 2.20. The van der Waals surface area contributed by atoms with Crippen molar-refractivity contribution in [2.75, 3.05) is 23.3 Å². The van der Waals surface area contributed by atoms with Crippen LogP contribution in [0.25, 0.3) is 0 Å². The summed E-state index contributed by atoms with van der Waals surface area (Å²) >= 11 is 0. The molecule has 1 fully saturated rings. The lowest BCUT2D eigenvalue weighted by Gasteiger charge is -2.27. The van der Waals surface area contributed by atoms with Crippen molar-refractivity contribution >= 4 is 29.1 Å². The molecule has 6 nitrogen and oxygen atoms in total. The largest absolute Gasteiger partial charge is 0.344 e. The first-order valence-corrected chi connectivity index (χ1v) is 7.22. The van der Waals surface area contributed by atoms with Crippen LogP contribution in [0.15, 0.2) is 36.9 Å². The summed E-state index contributed by atoms with van der Waals surface area (Å²) in [5, 5.41) is 4.93. The van der Waals surface area contributed by atoms with E-state index in [-0.39, 0.29) is 12.5 Å². The first kappa shape index (κ1) is 15.8. The molecular formula is C16H19N3O3. The zero-order chi connectivity index (χ0) is 15.9. The van der Waals surface area contributed by atoms with E-state index in [1.54, 1.807) is 23.1 Å². The maximum atomic E-state index is 11.9. The number of piperidine rings is 1. The summed E-state index contributed by atoms with van der Waals surface area (Å²) in [6.07, 6.45) is 3.91. The predicted molar refractivity (Wildman–Crippen MR) is 84.5 cm³/mol. The first-order valence-electron chi connectivity index (χ1n) is 7.22. The molecule has 1 saturated heterocycles. The summed E-state index contributed by atoms with van der Waals surface area (Å²) in [7, 11) is 0. The van der Waals surface area contributed by atoms with Gasteiger partial charge in [0.1, 0.15) is 0 Å². The molecule has 1 heterocycles. The Hall–Kier alpha value is -2.63. The molecular weight excluding hydrogens is 282 g/mol. The zero-order valence-electron chi connectivity index (χ0n) is 12.3. The van der Waals surface area contributed by atoms with Gasteiger partial charge in [-0.2, -0.15) is 0 Å². The topological polar surface area (TPSA) is 78.5 Å². The van der Waals surface area contributed by atoms with Crippen LogP contribution >= 0.6 is 0 Å². The summed E-state index contributed by atoms with van der Waals surface area (Å²) in [6.45, 7) is 4.37. The first-order chi connectivity index (χ1) is 10.6. The second-order valence-corrected chi connectivity index (χ2v) is 5.01. The van der Waals surface area contributed by atoms with Gasteiger partial charge in [-0.3, -0.25) is 14.4 Å². The van der Waals surface area contributed by atoms with Crippen LogP contribution in [0.4, 0.5) is 11.4 Å². The highest BCUT2D eigenvalue weighted by molar-refractivity contribution is 6.39. The van der Waals surface area contributed by atoms with E-state index in [2.05, 4.69) is 17.2 Å². The van der Waals surface area contributed by atoms with Gasteiger partial charge < -0.3 is 15.5 Å². The molecule has 1 aliphatic rings. The van der Waals surface area contributed by atoms with Gasteiger partial charge in [-0.15, -0.1) is 6.58 Å². The minimum Gasteiger partial charge on any atom is -0.344 e. The van der Waals surface area contributed by atoms with Crippen LogP contribution in [0.3, 0.4) is 0 Å². The maximum absolute atomic E-state index is 11.9. The molecule has 0 atom stereocenters. The predicted octanol–water partition coefficient (Wildman–Crippen LogP) is 1.44. The second-order valence-electron chi connectivity index (χ2n) is 5.01. The van der Waals surface area contributed by atoms with Gasteiger partial charge in [-0.1, -0.05) is 12.1 Å². The Morgan fingerprint density at radius 3 is 2.82 bits per heavy atom. The smallest absolute Gasteiger partial charge is 0.313 e. The molecule has 1 aromatic carbocycles. The minimum absolute atomic E-state index is 0.0819. The van der Waals surface area contributed by atoms with Crippen LogP contribution in [0.5, 0.6) is 0 Å². The summed E-state index contributed by atoms with van der Waals surface area (Å²) in [6, 6.07) is 6.93. The van der Waals surface area contributed by atoms with Gasteiger partial charge in [0, 0.05) is 30.9 Å². The fraction of sp³-hybridized carbons (Fsp3) is 0.312. The van der Waals surface area contributed by atoms with Crippen LogP contribution in [-0.2, 0) is 14.4 Å². The van der Waals surface area contributed by atoms with Gasteiger partial charge in [0.2, 0.25) is 5.91 Å². The number of nitrogens with one attached hydrogen (secondary N) is 2. The zero-order valence-corrected chi connectivity index (χ0v) is 12.3. The number of rotatable bonds is 4. The monoisotopic (exact) mass is 301 g/mol. The number of carbonyl (C=O) groups excluding carboxylic acids is 3. The van der Waals surface area contributed by atoms with Crippen LogP contribution in [0.2, 0.25) is 0 Å². The summed E-state index contributed by atoms with van der Waals surface area (Å²) in [5.74, 6) is -1.39. The molecule has 0 bridgehead atoms. The Morgan fingerprint density at radius 1 is 1.27 bits per heavy atom. The lowest BCUT2D eigenvalue weighted by molar-refractivity contribution is -0.136. The molecule has 0 aliphatic carbocycles. The van der Waals surface area contributed by atoms with E-state index < -0.39 is 11.8 Å². The van der Waals surface area contributed by atoms with Crippen molar-refractivity contribution < 1.29 is 14.4 Å². The van der Waals surface area contributed by atoms with E-state index in [9.17, 15) is 14.4 Å². The number of carbonyl (C=O) groups is 3. The van der Waals surface area contributed by atoms with Crippen molar-refractivity contribution in [2.24, 2.45) is 0 Å². The summed E-state index contributed by atoms with van der Waals surface area (Å²) in [4.78, 5) is 36.9. The van der Waals surface area contributed by atoms with Crippen molar-refractivity contribution in [3.8, 4) is 0 Å². The molecule has 1 aromatic rings. The lowest BCUT2D eigenvalue weighted by atomic mass is 10.1. The summed E-state index contributed by atoms with van der Waals surface area (Å²) < 4.78 is 0. The molecule has 0 saturated carbocycles. The second kappa shape index (κ2) is 7.40. The normalized spacial score (nSPS) is 14.4. The number of nitrogens with zero attached hydrogens (tertiary/aromatic N) is 1. The third kappa shape index (κ3) is 3.94. The molecule has 22 heavy (non-hydrogen) atoms. The average Bonchev–Trinajstić information content (AvgIpc) is 2.53. The maximum Gasteiger partial charge on any atom is 0.313 e. The van der Waals surface area contributed by atoms with Crippen molar-refractivity contribution in [1.29, 1.82) is 0 Å². The van der Waals surface area contributed by atoms with E-state index in [1.807, 2.05) is 6.07 Å². The third-order valence-electron chi connectivity index (χ3n) is 3.35. The van der Waals surface area contributed by atoms with E-state index in [0.717, 1.165) is 18.5 Å². The highest BCUT2D eigenvalue weighted by atomic mass is 16.2. The van der Waals surface area contributed by atoms with E-state index in [0.29, 0.717) is 18.7 Å². The molecule has 3 amide bonds. The van der Waals surface area contributed by atoms with Crippen LogP contribution in [0, 0.1) is 0 Å². The number of benzene rings is 1. The van der Waals surface area contributed by atoms with Crippen molar-refractivity contribution in [3.63, 3.8) is 0 Å². The van der Waals surface area contributed by atoms with Crippen LogP contribution in [-0.4, -0.2) is 30.8 Å². The SMILES string of the molecule is C=CCNC(=O)C(=O)Nc1cccc(N2CCCCC2=O)c1. The van der Waals surface area contributed by atoms with Gasteiger partial charge >= 0.3 is 11.8 Å². The lowest BCUT2D eigenvalue weighted by Crippen LogP contribution is -2.36. The number of anilines is 2. The quantitative estimate of drug-likeness (QED) is 0.652. The van der Waals surface area contributed by atoms with Crippen LogP contribution < -0.4 is 15.5 Å². The Kier molecular flexibility index (Phi) is 5.30. The number of amides is 3. The molecule has 0 aromatic heterocycles. The van der Waals surface area contributed by atoms with Gasteiger partial charge in [0.25, 0.3) is 0 Å². The Labute approximate surface area is 129 Å². The Balaban J connectivity index is 2.05. The molecule has 0 unspecified atom stereocenters. The van der Waals surface area contributed by atoms with E-state index in [1.165, 1.54) is 6.08 Å². The van der Waals surface area contributed by atoms with Crippen molar-refractivity contribution in [3.05, 3.63) is 36.9 Å². The van der Waals surface area contributed by atoms with Crippen molar-refractivity contribution in [2.45, 2.75) is 19.3 Å². The molecule has 2 rings (SSSR count). The molecule has 0 radical (unpaired) electrons.